The van der Waals surface area contributed by atoms with Crippen LogP contribution in [0.4, 0.5) is 0 Å². The molecule has 3 saturated carbocycles. The topological polar surface area (TPSA) is 0 Å². The van der Waals surface area contributed by atoms with Gasteiger partial charge in [-0.2, -0.15) is 0 Å². The predicted octanol–water partition coefficient (Wildman–Crippen LogP) is 8.58. The molecule has 0 bridgehead atoms. The molecule has 0 amide bonds. The number of rotatable bonds is 5. The smallest absolute Gasteiger partial charge is 0.00790 e. The summed E-state index contributed by atoms with van der Waals surface area (Å²) in [5.74, 6) is 5.68. The van der Waals surface area contributed by atoms with Crippen LogP contribution in [0.2, 0.25) is 0 Å². The van der Waals surface area contributed by atoms with Crippen LogP contribution < -0.4 is 0 Å². The summed E-state index contributed by atoms with van der Waals surface area (Å²) in [4.78, 5) is 0. The zero-order chi connectivity index (χ0) is 20.1. The molecule has 0 N–H and O–H groups in total. The minimum atomic E-state index is 0.492. The first-order valence-corrected chi connectivity index (χ1v) is 12.6. The van der Waals surface area contributed by atoms with E-state index in [-0.39, 0.29) is 0 Å². The normalized spacial score (nSPS) is 43.9. The van der Waals surface area contributed by atoms with Crippen LogP contribution in [0, 0.1) is 46.3 Å². The maximum absolute atomic E-state index is 4.33. The zero-order valence-corrected chi connectivity index (χ0v) is 19.5. The van der Waals surface area contributed by atoms with Gasteiger partial charge in [-0.1, -0.05) is 77.7 Å². The molecule has 158 valence electrons. The molecule has 0 heterocycles. The molecule has 28 heavy (non-hydrogen) atoms. The van der Waals surface area contributed by atoms with E-state index in [1.165, 1.54) is 76.2 Å². The first kappa shape index (κ1) is 20.7. The van der Waals surface area contributed by atoms with Crippen molar-refractivity contribution in [2.45, 2.75) is 105 Å². The van der Waals surface area contributed by atoms with Gasteiger partial charge in [-0.05, 0) is 97.7 Å². The highest BCUT2D eigenvalue weighted by molar-refractivity contribution is 5.30. The Morgan fingerprint density at radius 1 is 1.04 bits per heavy atom. The Morgan fingerprint density at radius 3 is 2.57 bits per heavy atom. The standard InChI is InChI=1S/C28H46/c1-19(2)8-7-9-21(4)24-12-13-25-23-11-10-22-18-20(3)14-16-27(22,5)26(23)15-17-28(24,25)6/h10,19,21,23-26H,3,7-9,11-18H2,1-2,4-6H3/t21?,23?,24-,25?,26?,27+,28-/m1/s1. The van der Waals surface area contributed by atoms with Gasteiger partial charge in [0, 0.05) is 0 Å². The first-order valence-electron chi connectivity index (χ1n) is 12.6. The molecule has 0 heteroatoms. The number of fused-ring (bicyclic) bond motifs is 5. The lowest BCUT2D eigenvalue weighted by Gasteiger charge is -2.58. The van der Waals surface area contributed by atoms with Crippen molar-refractivity contribution >= 4 is 0 Å². The van der Waals surface area contributed by atoms with Crippen molar-refractivity contribution in [2.75, 3.05) is 0 Å². The molecule has 0 aromatic rings. The molecule has 4 unspecified atom stereocenters. The predicted molar refractivity (Wildman–Crippen MR) is 122 cm³/mol. The summed E-state index contributed by atoms with van der Waals surface area (Å²) in [5, 5.41) is 0. The lowest BCUT2D eigenvalue weighted by Crippen LogP contribution is -2.50. The molecule has 0 saturated heterocycles. The third-order valence-corrected chi connectivity index (χ3v) is 10.3. The minimum absolute atomic E-state index is 0.492. The van der Waals surface area contributed by atoms with E-state index >= 15 is 0 Å². The van der Waals surface area contributed by atoms with Gasteiger partial charge in [0.25, 0.3) is 0 Å². The zero-order valence-electron chi connectivity index (χ0n) is 19.5. The van der Waals surface area contributed by atoms with Crippen molar-refractivity contribution in [3.05, 3.63) is 23.8 Å². The van der Waals surface area contributed by atoms with Gasteiger partial charge in [-0.25, -0.2) is 0 Å². The Hall–Kier alpha value is -0.520. The SMILES string of the molecule is C=C1CC[C@@]2(C)C(=CCC3C2CC[C@@]2(C)C3CC[C@@H]2C(C)CCCC(C)C)C1. The number of hydrogen-bond donors (Lipinski definition) is 0. The summed E-state index contributed by atoms with van der Waals surface area (Å²) in [7, 11) is 0. The molecular weight excluding hydrogens is 336 g/mol. The van der Waals surface area contributed by atoms with Gasteiger partial charge in [-0.15, -0.1) is 0 Å². The van der Waals surface area contributed by atoms with Crippen LogP contribution in [-0.2, 0) is 0 Å². The van der Waals surface area contributed by atoms with Gasteiger partial charge < -0.3 is 0 Å². The highest BCUT2D eigenvalue weighted by atomic mass is 14.6. The molecule has 4 aliphatic rings. The largest absolute Gasteiger partial charge is 0.0995 e. The summed E-state index contributed by atoms with van der Waals surface area (Å²) in [6.45, 7) is 17.0. The monoisotopic (exact) mass is 382 g/mol. The van der Waals surface area contributed by atoms with Crippen LogP contribution in [0.1, 0.15) is 105 Å². The molecule has 4 rings (SSSR count). The van der Waals surface area contributed by atoms with Crippen LogP contribution in [-0.4, -0.2) is 0 Å². The fourth-order valence-electron chi connectivity index (χ4n) is 8.60. The molecule has 7 atom stereocenters. The summed E-state index contributed by atoms with van der Waals surface area (Å²) < 4.78 is 0. The highest BCUT2D eigenvalue weighted by Crippen LogP contribution is 2.67. The molecule has 4 aliphatic carbocycles. The van der Waals surface area contributed by atoms with Crippen molar-refractivity contribution in [1.29, 1.82) is 0 Å². The number of hydrogen-bond acceptors (Lipinski definition) is 0. The Bertz CT molecular complexity index is 624. The third kappa shape index (κ3) is 3.35. The number of allylic oxidation sites excluding steroid dienone is 3. The average Bonchev–Trinajstić information content (AvgIpc) is 2.99. The van der Waals surface area contributed by atoms with Crippen molar-refractivity contribution < 1.29 is 0 Å². The van der Waals surface area contributed by atoms with Crippen molar-refractivity contribution in [2.24, 2.45) is 46.3 Å². The minimum Gasteiger partial charge on any atom is -0.0995 e. The van der Waals surface area contributed by atoms with E-state index in [1.54, 1.807) is 5.57 Å². The van der Waals surface area contributed by atoms with Gasteiger partial charge in [0.1, 0.15) is 0 Å². The Balaban J connectivity index is 1.50. The van der Waals surface area contributed by atoms with Crippen molar-refractivity contribution in [3.8, 4) is 0 Å². The fourth-order valence-corrected chi connectivity index (χ4v) is 8.60. The van der Waals surface area contributed by atoms with E-state index in [1.807, 2.05) is 0 Å². The van der Waals surface area contributed by atoms with Crippen molar-refractivity contribution in [1.82, 2.24) is 0 Å². The second-order valence-corrected chi connectivity index (χ2v) is 12.2. The maximum Gasteiger partial charge on any atom is -0.00790 e. The third-order valence-electron chi connectivity index (χ3n) is 10.3. The van der Waals surface area contributed by atoms with Gasteiger partial charge >= 0.3 is 0 Å². The molecule has 0 aromatic heterocycles. The van der Waals surface area contributed by atoms with Gasteiger partial charge in [0.15, 0.2) is 0 Å². The van der Waals surface area contributed by atoms with Crippen LogP contribution in [0.25, 0.3) is 0 Å². The molecule has 0 radical (unpaired) electrons. The highest BCUT2D eigenvalue weighted by Gasteiger charge is 2.58. The summed E-state index contributed by atoms with van der Waals surface area (Å²) in [5.41, 5.74) is 4.37. The van der Waals surface area contributed by atoms with Crippen LogP contribution in [0.3, 0.4) is 0 Å². The van der Waals surface area contributed by atoms with E-state index in [0.717, 1.165) is 35.5 Å². The van der Waals surface area contributed by atoms with Crippen LogP contribution >= 0.6 is 0 Å². The van der Waals surface area contributed by atoms with Crippen LogP contribution in [0.15, 0.2) is 23.8 Å². The van der Waals surface area contributed by atoms with E-state index in [9.17, 15) is 0 Å². The van der Waals surface area contributed by atoms with Gasteiger partial charge in [0.05, 0.1) is 0 Å². The van der Waals surface area contributed by atoms with Crippen molar-refractivity contribution in [3.63, 3.8) is 0 Å². The summed E-state index contributed by atoms with van der Waals surface area (Å²) >= 11 is 0. The Kier molecular flexibility index (Phi) is 5.65. The molecule has 3 fully saturated rings. The van der Waals surface area contributed by atoms with E-state index < -0.39 is 0 Å². The Labute approximate surface area is 175 Å². The maximum atomic E-state index is 4.33. The lowest BCUT2D eigenvalue weighted by atomic mass is 9.47. The average molecular weight is 383 g/mol. The van der Waals surface area contributed by atoms with E-state index in [0.29, 0.717) is 10.8 Å². The van der Waals surface area contributed by atoms with Gasteiger partial charge in [0.2, 0.25) is 0 Å². The molecule has 0 aliphatic heterocycles. The fraction of sp³-hybridized carbons (Fsp3) is 0.857. The quantitative estimate of drug-likeness (QED) is 0.418. The summed E-state index contributed by atoms with van der Waals surface area (Å²) in [6.07, 6.45) is 18.3. The van der Waals surface area contributed by atoms with E-state index in [4.69, 9.17) is 0 Å². The molecular formula is C28H46. The van der Waals surface area contributed by atoms with Gasteiger partial charge in [-0.3, -0.25) is 0 Å². The first-order chi connectivity index (χ1) is 13.3. The molecule has 0 spiro atoms. The second kappa shape index (κ2) is 7.63. The molecule has 0 nitrogen and oxygen atoms in total. The summed E-state index contributed by atoms with van der Waals surface area (Å²) in [6, 6.07) is 0. The Morgan fingerprint density at radius 2 is 1.82 bits per heavy atom. The second-order valence-electron chi connectivity index (χ2n) is 12.2. The van der Waals surface area contributed by atoms with E-state index in [2.05, 4.69) is 47.3 Å². The molecule has 0 aromatic carbocycles. The van der Waals surface area contributed by atoms with Crippen LogP contribution in [0.5, 0.6) is 0 Å². The lowest BCUT2D eigenvalue weighted by molar-refractivity contribution is -0.0481.